The number of nitrogens with one attached hydrogen (secondary N) is 2. The van der Waals surface area contributed by atoms with Gasteiger partial charge in [0.05, 0.1) is 12.1 Å². The van der Waals surface area contributed by atoms with Gasteiger partial charge >= 0.3 is 0 Å². The highest BCUT2D eigenvalue weighted by molar-refractivity contribution is 5.70. The van der Waals surface area contributed by atoms with Crippen LogP contribution in [0.1, 0.15) is 12.8 Å². The van der Waals surface area contributed by atoms with E-state index < -0.39 is 0 Å². The van der Waals surface area contributed by atoms with Crippen LogP contribution in [0.25, 0.3) is 11.2 Å². The van der Waals surface area contributed by atoms with Gasteiger partial charge in [0.25, 0.3) is 6.01 Å². The van der Waals surface area contributed by atoms with Gasteiger partial charge in [-0.15, -0.1) is 0 Å². The molecular formula is C12H16N4O. The number of fused-ring (bicyclic) bond motifs is 1. The maximum absolute atomic E-state index is 5.68. The van der Waals surface area contributed by atoms with Crippen molar-refractivity contribution >= 4 is 11.2 Å². The molecule has 5 nitrogen and oxygen atoms in total. The Balaban J connectivity index is 1.64. The average Bonchev–Trinajstić information content (AvgIpc) is 2.80. The Morgan fingerprint density at radius 2 is 2.47 bits per heavy atom. The number of aromatic amines is 1. The van der Waals surface area contributed by atoms with Crippen LogP contribution in [0, 0.1) is 5.92 Å². The van der Waals surface area contributed by atoms with E-state index in [4.69, 9.17) is 4.74 Å². The lowest BCUT2D eigenvalue weighted by molar-refractivity contribution is 0.207. The predicted octanol–water partition coefficient (Wildman–Crippen LogP) is 1.34. The number of H-pyrrole nitrogens is 1. The first-order valence-electron chi connectivity index (χ1n) is 6.06. The normalized spacial score (nSPS) is 20.6. The summed E-state index contributed by atoms with van der Waals surface area (Å²) >= 11 is 0. The van der Waals surface area contributed by atoms with Crippen LogP contribution in [0.2, 0.25) is 0 Å². The fraction of sp³-hybridized carbons (Fsp3) is 0.500. The van der Waals surface area contributed by atoms with Gasteiger partial charge in [0.2, 0.25) is 0 Å². The van der Waals surface area contributed by atoms with Crippen molar-refractivity contribution < 1.29 is 4.74 Å². The zero-order valence-corrected chi connectivity index (χ0v) is 9.65. The van der Waals surface area contributed by atoms with E-state index in [0.717, 1.165) is 18.6 Å². The average molecular weight is 232 g/mol. The zero-order chi connectivity index (χ0) is 11.5. The van der Waals surface area contributed by atoms with Crippen molar-refractivity contribution in [1.29, 1.82) is 0 Å². The Labute approximate surface area is 99.6 Å². The first-order chi connectivity index (χ1) is 8.42. The van der Waals surface area contributed by atoms with Crippen molar-refractivity contribution in [1.82, 2.24) is 20.3 Å². The third kappa shape index (κ3) is 2.39. The smallest absolute Gasteiger partial charge is 0.296 e. The molecule has 90 valence electrons. The van der Waals surface area contributed by atoms with E-state index in [2.05, 4.69) is 20.3 Å². The number of pyridine rings is 1. The largest absolute Gasteiger partial charge is 0.464 e. The summed E-state index contributed by atoms with van der Waals surface area (Å²) in [6.07, 6.45) is 4.19. The number of hydrogen-bond acceptors (Lipinski definition) is 4. The lowest BCUT2D eigenvalue weighted by Crippen LogP contribution is -2.33. The second-order valence-electron chi connectivity index (χ2n) is 4.44. The van der Waals surface area contributed by atoms with E-state index in [9.17, 15) is 0 Å². The first-order valence-corrected chi connectivity index (χ1v) is 6.06. The van der Waals surface area contributed by atoms with Crippen molar-refractivity contribution in [3.8, 4) is 6.01 Å². The number of ether oxygens (including phenoxy) is 1. The van der Waals surface area contributed by atoms with Crippen molar-refractivity contribution in [3.63, 3.8) is 0 Å². The molecule has 0 aliphatic carbocycles. The number of piperidine rings is 1. The maximum Gasteiger partial charge on any atom is 0.296 e. The molecule has 0 radical (unpaired) electrons. The Morgan fingerprint density at radius 3 is 3.29 bits per heavy atom. The van der Waals surface area contributed by atoms with E-state index in [-0.39, 0.29) is 0 Å². The molecule has 0 unspecified atom stereocenters. The number of rotatable bonds is 3. The minimum atomic E-state index is 0.573. The van der Waals surface area contributed by atoms with Crippen LogP contribution in [0.3, 0.4) is 0 Å². The van der Waals surface area contributed by atoms with Crippen molar-refractivity contribution in [2.75, 3.05) is 19.7 Å². The molecule has 5 heteroatoms. The third-order valence-electron chi connectivity index (χ3n) is 3.09. The summed E-state index contributed by atoms with van der Waals surface area (Å²) in [5, 5.41) is 3.37. The number of nitrogens with zero attached hydrogens (tertiary/aromatic N) is 2. The van der Waals surface area contributed by atoms with Gasteiger partial charge in [0, 0.05) is 18.7 Å². The summed E-state index contributed by atoms with van der Waals surface area (Å²) in [5.74, 6) is 0.588. The molecule has 2 N–H and O–H groups in total. The van der Waals surface area contributed by atoms with Crippen molar-refractivity contribution in [2.45, 2.75) is 12.8 Å². The molecule has 0 spiro atoms. The van der Waals surface area contributed by atoms with Gasteiger partial charge in [0.1, 0.15) is 0 Å². The molecule has 0 amide bonds. The summed E-state index contributed by atoms with van der Waals surface area (Å²) < 4.78 is 5.68. The minimum absolute atomic E-state index is 0.573. The van der Waals surface area contributed by atoms with Gasteiger partial charge in [-0.25, -0.2) is 4.98 Å². The van der Waals surface area contributed by atoms with Crippen molar-refractivity contribution in [2.24, 2.45) is 5.92 Å². The molecule has 3 heterocycles. The van der Waals surface area contributed by atoms with Crippen LogP contribution in [-0.2, 0) is 0 Å². The Morgan fingerprint density at radius 1 is 1.47 bits per heavy atom. The van der Waals surface area contributed by atoms with Gasteiger partial charge in [-0.2, -0.15) is 4.98 Å². The first kappa shape index (κ1) is 10.5. The highest BCUT2D eigenvalue weighted by atomic mass is 16.5. The van der Waals surface area contributed by atoms with Gasteiger partial charge in [-0.3, -0.25) is 0 Å². The molecule has 3 rings (SSSR count). The van der Waals surface area contributed by atoms with Gasteiger partial charge in [0.15, 0.2) is 5.65 Å². The van der Waals surface area contributed by atoms with Gasteiger partial charge < -0.3 is 15.0 Å². The van der Waals surface area contributed by atoms with E-state index in [1.807, 2.05) is 12.1 Å². The molecule has 1 aliphatic heterocycles. The molecular weight excluding hydrogens is 216 g/mol. The Kier molecular flexibility index (Phi) is 2.92. The van der Waals surface area contributed by atoms with Crippen LogP contribution in [-0.4, -0.2) is 34.6 Å². The maximum atomic E-state index is 5.68. The monoisotopic (exact) mass is 232 g/mol. The highest BCUT2D eigenvalue weighted by Gasteiger charge is 2.14. The fourth-order valence-corrected chi connectivity index (χ4v) is 2.15. The Bertz CT molecular complexity index is 457. The summed E-state index contributed by atoms with van der Waals surface area (Å²) in [6.45, 7) is 2.89. The zero-order valence-electron chi connectivity index (χ0n) is 9.65. The molecule has 1 atom stereocenters. The molecule has 1 fully saturated rings. The van der Waals surface area contributed by atoms with Crippen LogP contribution in [0.15, 0.2) is 18.3 Å². The molecule has 17 heavy (non-hydrogen) atoms. The molecule has 0 bridgehead atoms. The second kappa shape index (κ2) is 4.71. The van der Waals surface area contributed by atoms with Crippen LogP contribution >= 0.6 is 0 Å². The van der Waals surface area contributed by atoms with Crippen LogP contribution < -0.4 is 10.1 Å². The van der Waals surface area contributed by atoms with Gasteiger partial charge in [-0.1, -0.05) is 0 Å². The quantitative estimate of drug-likeness (QED) is 0.838. The van der Waals surface area contributed by atoms with Gasteiger partial charge in [-0.05, 0) is 31.5 Å². The standard InChI is InChI=1S/C12H16N4O/c1-3-9(7-13-5-1)8-17-12-15-10-4-2-6-14-11(10)16-12/h2,4,6,9,13H,1,3,5,7-8H2,(H,14,15,16)/t9-/m0/s1. The second-order valence-corrected chi connectivity index (χ2v) is 4.44. The van der Waals surface area contributed by atoms with E-state index in [1.54, 1.807) is 6.20 Å². The fourth-order valence-electron chi connectivity index (χ4n) is 2.15. The number of hydrogen-bond donors (Lipinski definition) is 2. The molecule has 1 saturated heterocycles. The lowest BCUT2D eigenvalue weighted by Gasteiger charge is -2.21. The summed E-state index contributed by atoms with van der Waals surface area (Å²) in [5.41, 5.74) is 1.63. The molecule has 0 saturated carbocycles. The van der Waals surface area contributed by atoms with Crippen LogP contribution in [0.5, 0.6) is 6.01 Å². The summed E-state index contributed by atoms with van der Waals surface area (Å²) in [6, 6.07) is 4.41. The SMILES string of the molecule is c1cnc2nc(OC[C@H]3CCCNC3)[nH]c2c1. The molecule has 1 aliphatic rings. The number of imidazole rings is 1. The van der Waals surface area contributed by atoms with E-state index in [0.29, 0.717) is 24.2 Å². The summed E-state index contributed by atoms with van der Waals surface area (Å²) in [4.78, 5) is 11.6. The third-order valence-corrected chi connectivity index (χ3v) is 3.09. The molecule has 0 aromatic carbocycles. The number of aromatic nitrogens is 3. The molecule has 2 aromatic heterocycles. The van der Waals surface area contributed by atoms with E-state index in [1.165, 1.54) is 12.8 Å². The minimum Gasteiger partial charge on any atom is -0.464 e. The highest BCUT2D eigenvalue weighted by Crippen LogP contribution is 2.15. The Hall–Kier alpha value is -1.62. The molecule has 2 aromatic rings. The summed E-state index contributed by atoms with van der Waals surface area (Å²) in [7, 11) is 0. The predicted molar refractivity (Wildman–Crippen MR) is 65.0 cm³/mol. The van der Waals surface area contributed by atoms with Crippen molar-refractivity contribution in [3.05, 3.63) is 18.3 Å². The van der Waals surface area contributed by atoms with Crippen LogP contribution in [0.4, 0.5) is 0 Å². The lowest BCUT2D eigenvalue weighted by atomic mass is 10.0. The van der Waals surface area contributed by atoms with E-state index >= 15 is 0 Å². The topological polar surface area (TPSA) is 62.8 Å².